The molecule has 0 aliphatic carbocycles. The van der Waals surface area contributed by atoms with E-state index in [0.29, 0.717) is 0 Å². The lowest BCUT2D eigenvalue weighted by Gasteiger charge is -2.14. The molecule has 0 aliphatic heterocycles. The Bertz CT molecular complexity index is 1170. The number of rotatable bonds is 12. The molecule has 0 bridgehead atoms. The first-order valence-corrected chi connectivity index (χ1v) is 12.2. The summed E-state index contributed by atoms with van der Waals surface area (Å²) in [5, 5.41) is 2.40. The number of benzene rings is 2. The van der Waals surface area contributed by atoms with Crippen molar-refractivity contribution < 1.29 is 4.74 Å². The summed E-state index contributed by atoms with van der Waals surface area (Å²) in [6.45, 7) is 0.801. The second-order valence-corrected chi connectivity index (χ2v) is 8.97. The minimum Gasteiger partial charge on any atom is -0.494 e. The van der Waals surface area contributed by atoms with Crippen molar-refractivity contribution in [2.75, 3.05) is 25.6 Å². The number of ether oxygens (including phenoxy) is 1. The van der Waals surface area contributed by atoms with Crippen LogP contribution in [-0.4, -0.2) is 30.7 Å². The highest BCUT2D eigenvalue weighted by Crippen LogP contribution is 2.25. The lowest BCUT2D eigenvalue weighted by Crippen LogP contribution is -2.08. The van der Waals surface area contributed by atoms with Gasteiger partial charge in [-0.2, -0.15) is 0 Å². The molecule has 0 saturated heterocycles. The van der Waals surface area contributed by atoms with Crippen molar-refractivity contribution in [3.8, 4) is 5.75 Å². The number of pyridine rings is 2. The lowest BCUT2D eigenvalue weighted by molar-refractivity contribution is 0.304. The summed E-state index contributed by atoms with van der Waals surface area (Å²) >= 11 is 0. The van der Waals surface area contributed by atoms with E-state index in [1.165, 1.54) is 55.2 Å². The maximum absolute atomic E-state index is 5.92. The van der Waals surface area contributed by atoms with Crippen LogP contribution in [0.15, 0.2) is 67.0 Å². The Hall–Kier alpha value is -3.14. The minimum atomic E-state index is 0.801. The average Bonchev–Trinajstić information content (AvgIpc) is 2.85. The van der Waals surface area contributed by atoms with E-state index in [-0.39, 0.29) is 0 Å². The molecule has 0 unspecified atom stereocenters. The molecule has 0 N–H and O–H groups in total. The van der Waals surface area contributed by atoms with Gasteiger partial charge in [-0.3, -0.25) is 9.97 Å². The maximum atomic E-state index is 5.92. The summed E-state index contributed by atoms with van der Waals surface area (Å²) in [5.74, 6) is 0.966. The monoisotopic (exact) mass is 441 g/mol. The highest BCUT2D eigenvalue weighted by molar-refractivity contribution is 6.03. The molecule has 2 aromatic heterocycles. The largest absolute Gasteiger partial charge is 0.494 e. The molecule has 2 heterocycles. The molecule has 172 valence electrons. The first kappa shape index (κ1) is 23.0. The number of hydrogen-bond donors (Lipinski definition) is 0. The molecule has 0 radical (unpaired) electrons. The molecule has 0 fully saturated rings. The maximum Gasteiger partial charge on any atom is 0.121 e. The van der Waals surface area contributed by atoms with Crippen LogP contribution in [0.5, 0.6) is 5.75 Å². The van der Waals surface area contributed by atoms with Gasteiger partial charge >= 0.3 is 0 Å². The Kier molecular flexibility index (Phi) is 8.13. The normalized spacial score (nSPS) is 11.2. The van der Waals surface area contributed by atoms with E-state index in [2.05, 4.69) is 71.4 Å². The van der Waals surface area contributed by atoms with Gasteiger partial charge in [0.1, 0.15) is 5.75 Å². The van der Waals surface area contributed by atoms with Gasteiger partial charge in [0.25, 0.3) is 0 Å². The topological polar surface area (TPSA) is 38.2 Å². The number of anilines is 1. The predicted octanol–water partition coefficient (Wildman–Crippen LogP) is 7.20. The number of aromatic nitrogens is 2. The Balaban J connectivity index is 1.12. The smallest absolute Gasteiger partial charge is 0.121 e. The van der Waals surface area contributed by atoms with Crippen molar-refractivity contribution in [3.63, 3.8) is 0 Å². The van der Waals surface area contributed by atoms with Crippen LogP contribution < -0.4 is 9.64 Å². The first-order valence-electron chi connectivity index (χ1n) is 12.2. The highest BCUT2D eigenvalue weighted by Gasteiger charge is 2.06. The van der Waals surface area contributed by atoms with Gasteiger partial charge in [0, 0.05) is 49.0 Å². The van der Waals surface area contributed by atoms with Gasteiger partial charge in [0.15, 0.2) is 0 Å². The van der Waals surface area contributed by atoms with E-state index >= 15 is 0 Å². The van der Waals surface area contributed by atoms with E-state index in [9.17, 15) is 0 Å². The molecule has 4 rings (SSSR count). The van der Waals surface area contributed by atoms with Crippen LogP contribution in [0, 0.1) is 0 Å². The molecule has 2 aromatic carbocycles. The third-order valence-corrected chi connectivity index (χ3v) is 6.27. The van der Waals surface area contributed by atoms with Gasteiger partial charge in [-0.05, 0) is 49.1 Å². The number of unbranched alkanes of at least 4 members (excludes halogenated alkanes) is 6. The summed E-state index contributed by atoms with van der Waals surface area (Å²) in [6, 6.07) is 18.9. The van der Waals surface area contributed by atoms with E-state index in [1.54, 1.807) is 0 Å². The molecular formula is C29H35N3O. The summed E-state index contributed by atoms with van der Waals surface area (Å²) in [5.41, 5.74) is 4.60. The zero-order valence-corrected chi connectivity index (χ0v) is 20.0. The van der Waals surface area contributed by atoms with Crippen LogP contribution >= 0.6 is 0 Å². The summed E-state index contributed by atoms with van der Waals surface area (Å²) in [7, 11) is 4.11. The third-order valence-electron chi connectivity index (χ3n) is 6.27. The lowest BCUT2D eigenvalue weighted by atomic mass is 10.0. The number of nitrogens with zero attached hydrogens (tertiary/aromatic N) is 3. The second kappa shape index (κ2) is 11.6. The molecule has 4 nitrogen and oxygen atoms in total. The van der Waals surface area contributed by atoms with Crippen molar-refractivity contribution >= 4 is 27.5 Å². The van der Waals surface area contributed by atoms with Gasteiger partial charge in [-0.15, -0.1) is 0 Å². The minimum absolute atomic E-state index is 0.801. The van der Waals surface area contributed by atoms with Gasteiger partial charge in [-0.25, -0.2) is 0 Å². The SMILES string of the molecule is CN(C)c1cccc(OCCCCCCCCCc2ccnc3c2ccc2cccnc23)c1. The Morgan fingerprint density at radius 2 is 1.52 bits per heavy atom. The van der Waals surface area contributed by atoms with Crippen molar-refractivity contribution in [1.82, 2.24) is 9.97 Å². The van der Waals surface area contributed by atoms with E-state index < -0.39 is 0 Å². The molecule has 0 aliphatic rings. The van der Waals surface area contributed by atoms with Crippen molar-refractivity contribution in [1.29, 1.82) is 0 Å². The van der Waals surface area contributed by atoms with Gasteiger partial charge in [0.05, 0.1) is 17.6 Å². The molecule has 0 amide bonds. The third kappa shape index (κ3) is 6.22. The van der Waals surface area contributed by atoms with Crippen LogP contribution in [0.2, 0.25) is 0 Å². The molecule has 0 atom stereocenters. The molecule has 4 aromatic rings. The second-order valence-electron chi connectivity index (χ2n) is 8.97. The van der Waals surface area contributed by atoms with Gasteiger partial charge in [-0.1, -0.05) is 56.4 Å². The number of fused-ring (bicyclic) bond motifs is 3. The van der Waals surface area contributed by atoms with Crippen LogP contribution in [-0.2, 0) is 6.42 Å². The van der Waals surface area contributed by atoms with Crippen LogP contribution in [0.25, 0.3) is 21.8 Å². The fourth-order valence-corrected chi connectivity index (χ4v) is 4.37. The molecule has 0 spiro atoms. The Morgan fingerprint density at radius 3 is 2.36 bits per heavy atom. The number of hydrogen-bond acceptors (Lipinski definition) is 4. The molecule has 4 heteroatoms. The quantitative estimate of drug-likeness (QED) is 0.172. The van der Waals surface area contributed by atoms with Crippen LogP contribution in [0.3, 0.4) is 0 Å². The summed E-state index contributed by atoms with van der Waals surface area (Å²) in [6.07, 6.45) is 13.7. The van der Waals surface area contributed by atoms with E-state index in [4.69, 9.17) is 4.74 Å². The molecular weight excluding hydrogens is 406 g/mol. The summed E-state index contributed by atoms with van der Waals surface area (Å²) < 4.78 is 5.92. The standard InChI is InChI=1S/C29H35N3O/c1-32(2)25-14-10-15-26(22-25)33-21-9-7-5-3-4-6-8-12-23-18-20-31-29-27(23)17-16-24-13-11-19-30-28(24)29/h10-11,13-20,22H,3-9,12,21H2,1-2H3. The Labute approximate surface area is 197 Å². The van der Waals surface area contributed by atoms with E-state index in [1.807, 2.05) is 24.5 Å². The first-order chi connectivity index (χ1) is 16.2. The van der Waals surface area contributed by atoms with Crippen molar-refractivity contribution in [2.45, 2.75) is 51.4 Å². The van der Waals surface area contributed by atoms with Crippen LogP contribution in [0.1, 0.15) is 50.5 Å². The van der Waals surface area contributed by atoms with E-state index in [0.717, 1.165) is 41.6 Å². The van der Waals surface area contributed by atoms with Crippen LogP contribution in [0.4, 0.5) is 5.69 Å². The van der Waals surface area contributed by atoms with Crippen molar-refractivity contribution in [3.05, 3.63) is 72.6 Å². The van der Waals surface area contributed by atoms with Gasteiger partial charge in [0.2, 0.25) is 0 Å². The predicted molar refractivity (Wildman–Crippen MR) is 139 cm³/mol. The fourth-order valence-electron chi connectivity index (χ4n) is 4.37. The average molecular weight is 442 g/mol. The summed E-state index contributed by atoms with van der Waals surface area (Å²) in [4.78, 5) is 11.3. The van der Waals surface area contributed by atoms with Gasteiger partial charge < -0.3 is 9.64 Å². The molecule has 33 heavy (non-hydrogen) atoms. The highest BCUT2D eigenvalue weighted by atomic mass is 16.5. The zero-order valence-electron chi connectivity index (χ0n) is 20.0. The number of aryl methyl sites for hydroxylation is 1. The Morgan fingerprint density at radius 1 is 0.727 bits per heavy atom. The van der Waals surface area contributed by atoms with Crippen molar-refractivity contribution in [2.24, 2.45) is 0 Å². The zero-order chi connectivity index (χ0) is 22.9. The molecule has 0 saturated carbocycles. The fraction of sp³-hybridized carbons (Fsp3) is 0.379.